The molecule has 0 amide bonds. The van der Waals surface area contributed by atoms with Crippen LogP contribution in [0.4, 0.5) is 0 Å². The van der Waals surface area contributed by atoms with Crippen molar-refractivity contribution in [1.82, 2.24) is 0 Å². The Labute approximate surface area is 84.8 Å². The highest BCUT2D eigenvalue weighted by Gasteiger charge is 2.51. The van der Waals surface area contributed by atoms with E-state index in [9.17, 15) is 4.79 Å². The molecule has 2 heterocycles. The summed E-state index contributed by atoms with van der Waals surface area (Å²) < 4.78 is 10.6. The van der Waals surface area contributed by atoms with Crippen molar-refractivity contribution in [2.75, 3.05) is 0 Å². The van der Waals surface area contributed by atoms with E-state index < -0.39 is 0 Å². The first kappa shape index (κ1) is 9.97. The van der Waals surface area contributed by atoms with Gasteiger partial charge in [0.05, 0.1) is 12.2 Å². The molecule has 3 unspecified atom stereocenters. The molecule has 3 heteroatoms. The van der Waals surface area contributed by atoms with E-state index in [0.717, 1.165) is 25.7 Å². The predicted octanol–water partition coefficient (Wildman–Crippen LogP) is 2.06. The Kier molecular flexibility index (Phi) is 2.77. The Balaban J connectivity index is 1.93. The molecule has 2 aliphatic rings. The van der Waals surface area contributed by atoms with Gasteiger partial charge in [-0.1, -0.05) is 13.3 Å². The highest BCUT2D eigenvalue weighted by molar-refractivity contribution is 5.97. The van der Waals surface area contributed by atoms with E-state index in [2.05, 4.69) is 13.8 Å². The van der Waals surface area contributed by atoms with E-state index in [1.807, 2.05) is 0 Å². The lowest BCUT2D eigenvalue weighted by molar-refractivity contribution is -0.117. The van der Waals surface area contributed by atoms with Gasteiger partial charge in [0.25, 0.3) is 6.10 Å². The summed E-state index contributed by atoms with van der Waals surface area (Å²) in [5, 5.41) is 0. The van der Waals surface area contributed by atoms with Crippen molar-refractivity contribution in [3.05, 3.63) is 6.10 Å². The van der Waals surface area contributed by atoms with Gasteiger partial charge < -0.3 is 9.47 Å². The zero-order chi connectivity index (χ0) is 10.1. The maximum Gasteiger partial charge on any atom is 0.357 e. The molecule has 2 saturated heterocycles. The van der Waals surface area contributed by atoms with Crippen LogP contribution in [0.1, 0.15) is 39.5 Å². The topological polar surface area (TPSA) is 38.8 Å². The summed E-state index contributed by atoms with van der Waals surface area (Å²) in [5.41, 5.74) is 0. The second-order valence-corrected chi connectivity index (χ2v) is 4.21. The van der Waals surface area contributed by atoms with Crippen LogP contribution in [0.3, 0.4) is 0 Å². The van der Waals surface area contributed by atoms with Crippen LogP contribution in [-0.4, -0.2) is 18.2 Å². The summed E-state index contributed by atoms with van der Waals surface area (Å²) in [6, 6.07) is 0. The Morgan fingerprint density at radius 1 is 1.50 bits per heavy atom. The van der Waals surface area contributed by atoms with Crippen molar-refractivity contribution in [1.29, 1.82) is 0 Å². The summed E-state index contributed by atoms with van der Waals surface area (Å²) in [6.45, 7) is 4.21. The van der Waals surface area contributed by atoms with Crippen LogP contribution in [-0.2, 0) is 14.3 Å². The molecular formula is C11H17O3. The molecule has 0 bridgehead atoms. The SMILES string of the molecule is CCCC([C]1OC1=O)C1CCC(C)O1. The van der Waals surface area contributed by atoms with E-state index in [1.54, 1.807) is 0 Å². The van der Waals surface area contributed by atoms with Crippen molar-refractivity contribution in [3.8, 4) is 0 Å². The maximum absolute atomic E-state index is 10.9. The molecule has 0 aromatic rings. The molecule has 0 aromatic heterocycles. The van der Waals surface area contributed by atoms with Crippen molar-refractivity contribution >= 4 is 5.97 Å². The third-order valence-electron chi connectivity index (χ3n) is 3.01. The number of epoxide rings is 1. The lowest BCUT2D eigenvalue weighted by Crippen LogP contribution is -2.22. The highest BCUT2D eigenvalue weighted by Crippen LogP contribution is 2.41. The number of carbonyl (C=O) groups excluding carboxylic acids is 1. The summed E-state index contributed by atoms with van der Waals surface area (Å²) in [7, 11) is 0. The molecular weight excluding hydrogens is 180 g/mol. The minimum atomic E-state index is -0.119. The summed E-state index contributed by atoms with van der Waals surface area (Å²) in [4.78, 5) is 10.9. The fourth-order valence-electron chi connectivity index (χ4n) is 2.23. The van der Waals surface area contributed by atoms with Crippen LogP contribution in [0.2, 0.25) is 0 Å². The van der Waals surface area contributed by atoms with Gasteiger partial charge in [-0.15, -0.1) is 0 Å². The van der Waals surface area contributed by atoms with E-state index >= 15 is 0 Å². The molecule has 0 N–H and O–H groups in total. The first-order chi connectivity index (χ1) is 6.72. The van der Waals surface area contributed by atoms with Gasteiger partial charge >= 0.3 is 5.97 Å². The smallest absolute Gasteiger partial charge is 0.357 e. The Morgan fingerprint density at radius 2 is 2.21 bits per heavy atom. The first-order valence-corrected chi connectivity index (χ1v) is 5.46. The quantitative estimate of drug-likeness (QED) is 0.647. The van der Waals surface area contributed by atoms with Crippen molar-refractivity contribution in [3.63, 3.8) is 0 Å². The second-order valence-electron chi connectivity index (χ2n) is 4.21. The molecule has 79 valence electrons. The number of hydrogen-bond donors (Lipinski definition) is 0. The van der Waals surface area contributed by atoms with E-state index in [-0.39, 0.29) is 18.0 Å². The number of hydrogen-bond acceptors (Lipinski definition) is 3. The molecule has 0 saturated carbocycles. The summed E-state index contributed by atoms with van der Waals surface area (Å²) in [5.74, 6) is 0.101. The lowest BCUT2D eigenvalue weighted by atomic mass is 9.92. The second kappa shape index (κ2) is 3.89. The molecule has 3 nitrogen and oxygen atoms in total. The first-order valence-electron chi connectivity index (χ1n) is 5.46. The zero-order valence-electron chi connectivity index (χ0n) is 8.79. The molecule has 2 rings (SSSR count). The standard InChI is InChI=1S/C11H17O3/c1-3-4-8(10-11(12)14-10)9-6-5-7(2)13-9/h7-9H,3-6H2,1-2H3. The fourth-order valence-corrected chi connectivity index (χ4v) is 2.23. The molecule has 14 heavy (non-hydrogen) atoms. The number of carbonyl (C=O) groups is 1. The summed E-state index contributed by atoms with van der Waals surface area (Å²) >= 11 is 0. The molecule has 1 radical (unpaired) electrons. The number of cyclic esters (lactones) is 1. The van der Waals surface area contributed by atoms with Gasteiger partial charge in [0, 0.05) is 5.92 Å². The van der Waals surface area contributed by atoms with Crippen molar-refractivity contribution in [2.24, 2.45) is 5.92 Å². The van der Waals surface area contributed by atoms with Gasteiger partial charge in [-0.2, -0.15) is 0 Å². The van der Waals surface area contributed by atoms with Crippen LogP contribution in [0.25, 0.3) is 0 Å². The minimum absolute atomic E-state index is 0.119. The molecule has 0 aromatic carbocycles. The monoisotopic (exact) mass is 197 g/mol. The van der Waals surface area contributed by atoms with Crippen molar-refractivity contribution in [2.45, 2.75) is 51.7 Å². The maximum atomic E-state index is 10.9. The highest BCUT2D eigenvalue weighted by atomic mass is 16.6. The van der Waals surface area contributed by atoms with Gasteiger partial charge in [-0.3, -0.25) is 0 Å². The van der Waals surface area contributed by atoms with E-state index in [4.69, 9.17) is 9.47 Å². The van der Waals surface area contributed by atoms with Gasteiger partial charge in [0.15, 0.2) is 0 Å². The van der Waals surface area contributed by atoms with Gasteiger partial charge in [-0.05, 0) is 26.2 Å². The molecule has 0 spiro atoms. The predicted molar refractivity (Wildman–Crippen MR) is 51.3 cm³/mol. The number of ether oxygens (including phenoxy) is 2. The largest absolute Gasteiger partial charge is 0.438 e. The zero-order valence-corrected chi connectivity index (χ0v) is 8.79. The molecule has 0 aliphatic carbocycles. The Morgan fingerprint density at radius 3 is 2.64 bits per heavy atom. The van der Waals surface area contributed by atoms with Gasteiger partial charge in [0.2, 0.25) is 0 Å². The van der Waals surface area contributed by atoms with Gasteiger partial charge in [-0.25, -0.2) is 4.79 Å². The van der Waals surface area contributed by atoms with Crippen LogP contribution >= 0.6 is 0 Å². The average Bonchev–Trinajstić information content (AvgIpc) is 2.69. The minimum Gasteiger partial charge on any atom is -0.438 e. The molecule has 2 fully saturated rings. The Hall–Kier alpha value is -0.570. The molecule has 3 atom stereocenters. The van der Waals surface area contributed by atoms with Crippen LogP contribution in [0.15, 0.2) is 0 Å². The van der Waals surface area contributed by atoms with Crippen LogP contribution < -0.4 is 0 Å². The average molecular weight is 197 g/mol. The summed E-state index contributed by atoms with van der Waals surface area (Å²) in [6.07, 6.45) is 5.45. The van der Waals surface area contributed by atoms with Crippen LogP contribution in [0, 0.1) is 12.0 Å². The third kappa shape index (κ3) is 1.92. The van der Waals surface area contributed by atoms with E-state index in [0.29, 0.717) is 12.2 Å². The van der Waals surface area contributed by atoms with Gasteiger partial charge in [0.1, 0.15) is 0 Å². The normalized spacial score (nSPS) is 34.3. The number of rotatable bonds is 4. The van der Waals surface area contributed by atoms with Crippen molar-refractivity contribution < 1.29 is 14.3 Å². The Bertz CT molecular complexity index is 227. The lowest BCUT2D eigenvalue weighted by Gasteiger charge is -2.18. The molecule has 2 aliphatic heterocycles. The van der Waals surface area contributed by atoms with Crippen LogP contribution in [0.5, 0.6) is 0 Å². The fraction of sp³-hybridized carbons (Fsp3) is 0.818. The van der Waals surface area contributed by atoms with E-state index in [1.165, 1.54) is 0 Å². The third-order valence-corrected chi connectivity index (χ3v) is 3.01.